The van der Waals surface area contributed by atoms with Gasteiger partial charge in [-0.3, -0.25) is 0 Å². The fraction of sp³-hybridized carbons (Fsp3) is 0.739. The highest BCUT2D eigenvalue weighted by atomic mass is 32.2. The van der Waals surface area contributed by atoms with Crippen LogP contribution in [0.25, 0.3) is 0 Å². The summed E-state index contributed by atoms with van der Waals surface area (Å²) < 4.78 is 32.6. The van der Waals surface area contributed by atoms with Gasteiger partial charge in [-0.05, 0) is 84.3 Å². The van der Waals surface area contributed by atoms with E-state index in [9.17, 15) is 13.0 Å². The van der Waals surface area contributed by atoms with Crippen LogP contribution in [0.3, 0.4) is 0 Å². The zero-order valence-corrected chi connectivity index (χ0v) is 18.8. The number of benzene rings is 1. The molecule has 28 heavy (non-hydrogen) atoms. The van der Waals surface area contributed by atoms with Gasteiger partial charge in [-0.25, -0.2) is 8.42 Å². The van der Waals surface area contributed by atoms with Crippen molar-refractivity contribution in [1.29, 1.82) is 0 Å². The number of hydrogen-bond acceptors (Lipinski definition) is 3. The number of rotatable bonds is 5. The fourth-order valence-electron chi connectivity index (χ4n) is 5.45. The van der Waals surface area contributed by atoms with Crippen LogP contribution in [0.4, 0.5) is 0 Å². The summed E-state index contributed by atoms with van der Waals surface area (Å²) in [4.78, 5) is -0.178. The predicted molar refractivity (Wildman–Crippen MR) is 114 cm³/mol. The van der Waals surface area contributed by atoms with Crippen molar-refractivity contribution >= 4 is 10.1 Å². The molecule has 0 bridgehead atoms. The molecule has 160 valence electrons. The minimum Gasteiger partial charge on any atom is -0.744 e. The Balaban J connectivity index is 0.000000221. The lowest BCUT2D eigenvalue weighted by molar-refractivity contribution is -0.972. The third kappa shape index (κ3) is 6.04. The molecule has 5 heteroatoms. The van der Waals surface area contributed by atoms with E-state index >= 15 is 0 Å². The molecule has 4 nitrogen and oxygen atoms in total. The van der Waals surface area contributed by atoms with E-state index in [0.29, 0.717) is 0 Å². The first-order valence-corrected chi connectivity index (χ1v) is 12.6. The zero-order valence-electron chi connectivity index (χ0n) is 18.0. The lowest BCUT2D eigenvalue weighted by Crippen LogP contribution is -2.62. The Bertz CT molecular complexity index is 648. The predicted octanol–water partition coefficient (Wildman–Crippen LogP) is 5.41. The SMILES string of the molecule is CC[N+](CC)(C1CCCCC1)C1CCCCC1.Cc1ccc(S(=O)(=O)[O-])cc1. The van der Waals surface area contributed by atoms with E-state index < -0.39 is 10.1 Å². The third-order valence-corrected chi connectivity index (χ3v) is 7.94. The van der Waals surface area contributed by atoms with Crippen molar-refractivity contribution in [3.05, 3.63) is 29.8 Å². The lowest BCUT2D eigenvalue weighted by atomic mass is 9.85. The van der Waals surface area contributed by atoms with Gasteiger partial charge in [0.15, 0.2) is 0 Å². The smallest absolute Gasteiger partial charge is 0.124 e. The molecule has 0 atom stereocenters. The summed E-state index contributed by atoms with van der Waals surface area (Å²) in [6.45, 7) is 9.48. The van der Waals surface area contributed by atoms with Crippen molar-refractivity contribution in [3.8, 4) is 0 Å². The van der Waals surface area contributed by atoms with Crippen molar-refractivity contribution < 1.29 is 17.5 Å². The Hall–Kier alpha value is -0.910. The van der Waals surface area contributed by atoms with Crippen molar-refractivity contribution in [2.45, 2.75) is 102 Å². The summed E-state index contributed by atoms with van der Waals surface area (Å²) in [5.74, 6) is 0. The van der Waals surface area contributed by atoms with E-state index in [-0.39, 0.29) is 4.90 Å². The van der Waals surface area contributed by atoms with Crippen LogP contribution in [-0.4, -0.2) is 42.6 Å². The van der Waals surface area contributed by atoms with Gasteiger partial charge in [0.1, 0.15) is 10.1 Å². The molecule has 1 aromatic rings. The summed E-state index contributed by atoms with van der Waals surface area (Å²) in [6, 6.07) is 7.79. The van der Waals surface area contributed by atoms with Gasteiger partial charge >= 0.3 is 0 Å². The summed E-state index contributed by atoms with van der Waals surface area (Å²) in [6.07, 6.45) is 15.0. The van der Waals surface area contributed by atoms with E-state index in [4.69, 9.17) is 0 Å². The highest BCUT2D eigenvalue weighted by Gasteiger charge is 2.41. The Morgan fingerprint density at radius 2 is 1.21 bits per heavy atom. The Labute approximate surface area is 172 Å². The van der Waals surface area contributed by atoms with Gasteiger partial charge in [-0.1, -0.05) is 30.5 Å². The molecule has 2 fully saturated rings. The Morgan fingerprint density at radius 1 is 0.821 bits per heavy atom. The molecule has 0 spiro atoms. The summed E-state index contributed by atoms with van der Waals surface area (Å²) in [5, 5.41) is 0. The van der Waals surface area contributed by atoms with Crippen molar-refractivity contribution in [2.75, 3.05) is 13.1 Å². The van der Waals surface area contributed by atoms with Crippen LogP contribution in [0.1, 0.15) is 83.6 Å². The second-order valence-corrected chi connectivity index (χ2v) is 9.97. The van der Waals surface area contributed by atoms with E-state index in [1.165, 1.54) is 93.9 Å². The van der Waals surface area contributed by atoms with Gasteiger partial charge in [-0.15, -0.1) is 0 Å². The number of aryl methyl sites for hydroxylation is 1. The molecule has 0 N–H and O–H groups in total. The van der Waals surface area contributed by atoms with E-state index in [1.54, 1.807) is 12.1 Å². The summed E-state index contributed by atoms with van der Waals surface area (Å²) in [5.41, 5.74) is 0.928. The first kappa shape index (κ1) is 23.4. The van der Waals surface area contributed by atoms with Gasteiger partial charge < -0.3 is 9.04 Å². The van der Waals surface area contributed by atoms with Gasteiger partial charge in [0, 0.05) is 0 Å². The topological polar surface area (TPSA) is 57.2 Å². The van der Waals surface area contributed by atoms with Crippen LogP contribution in [0.2, 0.25) is 0 Å². The molecule has 2 aliphatic carbocycles. The summed E-state index contributed by atoms with van der Waals surface area (Å²) >= 11 is 0. The van der Waals surface area contributed by atoms with Crippen LogP contribution in [0, 0.1) is 6.92 Å². The maximum Gasteiger partial charge on any atom is 0.124 e. The van der Waals surface area contributed by atoms with E-state index in [2.05, 4.69) is 13.8 Å². The van der Waals surface area contributed by atoms with Crippen molar-refractivity contribution in [1.82, 2.24) is 0 Å². The highest BCUT2D eigenvalue weighted by Crippen LogP contribution is 2.36. The molecule has 0 heterocycles. The van der Waals surface area contributed by atoms with Crippen LogP contribution >= 0.6 is 0 Å². The second kappa shape index (κ2) is 10.7. The highest BCUT2D eigenvalue weighted by molar-refractivity contribution is 7.85. The molecular weight excluding hydrogens is 370 g/mol. The average Bonchev–Trinajstić information content (AvgIpc) is 2.71. The summed E-state index contributed by atoms with van der Waals surface area (Å²) in [7, 11) is -4.27. The molecule has 1 aromatic carbocycles. The van der Waals surface area contributed by atoms with Crippen LogP contribution < -0.4 is 0 Å². The van der Waals surface area contributed by atoms with E-state index in [1.807, 2.05) is 6.92 Å². The van der Waals surface area contributed by atoms with E-state index in [0.717, 1.165) is 17.6 Å². The molecule has 0 radical (unpaired) electrons. The van der Waals surface area contributed by atoms with Gasteiger partial charge in [0.05, 0.1) is 30.1 Å². The first-order valence-electron chi connectivity index (χ1n) is 11.2. The van der Waals surface area contributed by atoms with Crippen LogP contribution in [0.5, 0.6) is 0 Å². The number of nitrogens with zero attached hydrogens (tertiary/aromatic N) is 1. The normalized spacial score (nSPS) is 19.7. The molecule has 0 saturated heterocycles. The molecule has 0 aromatic heterocycles. The van der Waals surface area contributed by atoms with Crippen LogP contribution in [0.15, 0.2) is 29.2 Å². The standard InChI is InChI=1S/C16H32N.C7H8O3S/c1-3-17(4-2,15-11-7-5-8-12-15)16-13-9-6-10-14-16;1-6-2-4-7(5-3-6)11(8,9)10/h15-16H,3-14H2,1-2H3;2-5H,1H3,(H,8,9,10)/q+1;/p-1. The molecule has 2 saturated carbocycles. The molecule has 2 aliphatic rings. The largest absolute Gasteiger partial charge is 0.744 e. The lowest BCUT2D eigenvalue weighted by Gasteiger charge is -2.51. The maximum atomic E-state index is 10.4. The minimum atomic E-state index is -4.27. The quantitative estimate of drug-likeness (QED) is 0.483. The van der Waals surface area contributed by atoms with Crippen molar-refractivity contribution in [3.63, 3.8) is 0 Å². The molecule has 0 unspecified atom stereocenters. The van der Waals surface area contributed by atoms with Gasteiger partial charge in [0.2, 0.25) is 0 Å². The Kier molecular flexibility index (Phi) is 8.97. The van der Waals surface area contributed by atoms with Crippen LogP contribution in [-0.2, 0) is 10.1 Å². The third-order valence-electron chi connectivity index (χ3n) is 7.09. The fourth-order valence-corrected chi connectivity index (χ4v) is 5.92. The first-order chi connectivity index (χ1) is 13.3. The monoisotopic (exact) mass is 409 g/mol. The zero-order chi connectivity index (χ0) is 20.6. The van der Waals surface area contributed by atoms with Gasteiger partial charge in [-0.2, -0.15) is 0 Å². The molecule has 0 amide bonds. The maximum absolute atomic E-state index is 10.4. The van der Waals surface area contributed by atoms with Crippen molar-refractivity contribution in [2.24, 2.45) is 0 Å². The Morgan fingerprint density at radius 3 is 1.54 bits per heavy atom. The minimum absolute atomic E-state index is 0.178. The molecular formula is C23H39NO3S. The van der Waals surface area contributed by atoms with Gasteiger partial charge in [0.25, 0.3) is 0 Å². The second-order valence-electron chi connectivity index (χ2n) is 8.59. The molecule has 0 aliphatic heterocycles. The number of quaternary nitrogens is 1. The average molecular weight is 410 g/mol. The molecule has 3 rings (SSSR count). The number of hydrogen-bond donors (Lipinski definition) is 0.